The van der Waals surface area contributed by atoms with E-state index in [2.05, 4.69) is 5.32 Å². The quantitative estimate of drug-likeness (QED) is 0.725. The van der Waals surface area contributed by atoms with Gasteiger partial charge in [-0.25, -0.2) is 13.2 Å². The number of rotatable bonds is 3. The summed E-state index contributed by atoms with van der Waals surface area (Å²) in [5.74, 6) is -0.978. The number of carbonyl (C=O) groups is 1. The number of oxazole rings is 1. The third kappa shape index (κ3) is 2.52. The molecule has 0 radical (unpaired) electrons. The molecular weight excluding hydrogens is 336 g/mol. The summed E-state index contributed by atoms with van der Waals surface area (Å²) in [6.45, 7) is 0.0583. The van der Waals surface area contributed by atoms with Crippen LogP contribution in [0.1, 0.15) is 6.42 Å². The van der Waals surface area contributed by atoms with E-state index in [0.717, 1.165) is 4.31 Å². The largest absolute Gasteiger partial charge is 0.419 e. The van der Waals surface area contributed by atoms with E-state index in [4.69, 9.17) is 10.2 Å². The van der Waals surface area contributed by atoms with Crippen molar-refractivity contribution >= 4 is 27.0 Å². The Labute approximate surface area is 138 Å². The predicted molar refractivity (Wildman–Crippen MR) is 85.8 cm³/mol. The van der Waals surface area contributed by atoms with E-state index >= 15 is 0 Å². The molecule has 1 saturated heterocycles. The third-order valence-corrected chi connectivity index (χ3v) is 6.08. The summed E-state index contributed by atoms with van der Waals surface area (Å²) in [6.07, 6.45) is 0.255. The summed E-state index contributed by atoms with van der Waals surface area (Å²) in [6, 6.07) is 2.88. The van der Waals surface area contributed by atoms with Gasteiger partial charge in [0.2, 0.25) is 15.9 Å². The van der Waals surface area contributed by atoms with Gasteiger partial charge in [0.05, 0.1) is 10.4 Å². The molecule has 0 saturated carbocycles. The van der Waals surface area contributed by atoms with Crippen molar-refractivity contribution in [2.45, 2.75) is 23.4 Å². The molecule has 2 aromatic rings. The SMILES string of the molecule is CNC(=O)[C@@H]1C[C@@H](N)CN1S(=O)(=O)c1ccc2oc(=O)n(C)c2c1. The van der Waals surface area contributed by atoms with E-state index in [1.165, 1.54) is 36.9 Å². The number of nitrogens with two attached hydrogens (primary N) is 1. The van der Waals surface area contributed by atoms with E-state index in [9.17, 15) is 18.0 Å². The summed E-state index contributed by atoms with van der Waals surface area (Å²) in [5, 5.41) is 2.46. The van der Waals surface area contributed by atoms with Crippen molar-refractivity contribution in [2.75, 3.05) is 13.6 Å². The average molecular weight is 354 g/mol. The Morgan fingerprint density at radius 2 is 2.12 bits per heavy atom. The smallest absolute Gasteiger partial charge is 0.408 e. The van der Waals surface area contributed by atoms with E-state index in [-0.39, 0.29) is 17.9 Å². The molecule has 0 bridgehead atoms. The van der Waals surface area contributed by atoms with Gasteiger partial charge in [-0.15, -0.1) is 0 Å². The Bertz CT molecular complexity index is 961. The van der Waals surface area contributed by atoms with E-state index in [1.807, 2.05) is 0 Å². The van der Waals surface area contributed by atoms with Crippen molar-refractivity contribution in [1.82, 2.24) is 14.2 Å². The van der Waals surface area contributed by atoms with Crippen LogP contribution in [0.5, 0.6) is 0 Å². The van der Waals surface area contributed by atoms with Crippen LogP contribution >= 0.6 is 0 Å². The second kappa shape index (κ2) is 5.72. The van der Waals surface area contributed by atoms with Crippen molar-refractivity contribution in [1.29, 1.82) is 0 Å². The van der Waals surface area contributed by atoms with Gasteiger partial charge in [0.25, 0.3) is 0 Å². The number of nitrogens with zero attached hydrogens (tertiary/aromatic N) is 2. The van der Waals surface area contributed by atoms with Crippen molar-refractivity contribution in [3.8, 4) is 0 Å². The van der Waals surface area contributed by atoms with Crippen LogP contribution in [0.3, 0.4) is 0 Å². The Morgan fingerprint density at radius 1 is 1.42 bits per heavy atom. The number of hydrogen-bond acceptors (Lipinski definition) is 6. The van der Waals surface area contributed by atoms with Crippen LogP contribution < -0.4 is 16.8 Å². The van der Waals surface area contributed by atoms with Gasteiger partial charge in [-0.05, 0) is 24.6 Å². The molecule has 130 valence electrons. The zero-order valence-electron chi connectivity index (χ0n) is 13.2. The molecule has 0 unspecified atom stereocenters. The predicted octanol–water partition coefficient (Wildman–Crippen LogP) is -1.03. The molecule has 2 heterocycles. The normalized spacial score (nSPS) is 22.1. The van der Waals surface area contributed by atoms with Gasteiger partial charge in [0.15, 0.2) is 5.58 Å². The van der Waals surface area contributed by atoms with Gasteiger partial charge in [-0.1, -0.05) is 0 Å². The highest BCUT2D eigenvalue weighted by molar-refractivity contribution is 7.89. The van der Waals surface area contributed by atoms with Crippen LogP contribution in [0.4, 0.5) is 0 Å². The minimum absolute atomic E-state index is 0.0191. The van der Waals surface area contributed by atoms with Gasteiger partial charge in [-0.3, -0.25) is 9.36 Å². The van der Waals surface area contributed by atoms with Crippen molar-refractivity contribution < 1.29 is 17.6 Å². The summed E-state index contributed by atoms with van der Waals surface area (Å²) in [7, 11) is -1.00. The number of fused-ring (bicyclic) bond motifs is 1. The number of aromatic nitrogens is 1. The number of aryl methyl sites for hydroxylation is 1. The molecule has 1 aromatic heterocycles. The Balaban J connectivity index is 2.08. The highest BCUT2D eigenvalue weighted by Crippen LogP contribution is 2.27. The standard InChI is InChI=1S/C14H18N4O5S/c1-16-13(19)11-5-8(15)7-18(11)24(21,22)9-3-4-12-10(6-9)17(2)14(20)23-12/h3-4,6,8,11H,5,7,15H2,1-2H3,(H,16,19)/t8-,11+/m1/s1. The molecule has 3 N–H and O–H groups in total. The summed E-state index contributed by atoms with van der Waals surface area (Å²) >= 11 is 0. The molecule has 1 fully saturated rings. The second-order valence-electron chi connectivity index (χ2n) is 5.76. The molecule has 1 aromatic carbocycles. The first-order valence-electron chi connectivity index (χ1n) is 7.34. The second-order valence-corrected chi connectivity index (χ2v) is 7.65. The number of hydrogen-bond donors (Lipinski definition) is 2. The highest BCUT2D eigenvalue weighted by Gasteiger charge is 2.42. The average Bonchev–Trinajstić information content (AvgIpc) is 3.08. The molecular formula is C14H18N4O5S. The molecule has 24 heavy (non-hydrogen) atoms. The molecule has 3 rings (SSSR count). The maximum Gasteiger partial charge on any atom is 0.419 e. The van der Waals surface area contributed by atoms with Crippen LogP contribution in [-0.2, 0) is 21.9 Å². The summed E-state index contributed by atoms with van der Waals surface area (Å²) in [4.78, 5) is 23.5. The monoisotopic (exact) mass is 354 g/mol. The van der Waals surface area contributed by atoms with Crippen LogP contribution in [0, 0.1) is 0 Å². The van der Waals surface area contributed by atoms with Gasteiger partial charge < -0.3 is 15.5 Å². The number of sulfonamides is 1. The fourth-order valence-corrected chi connectivity index (χ4v) is 4.59. The van der Waals surface area contributed by atoms with E-state index in [1.54, 1.807) is 0 Å². The zero-order valence-corrected chi connectivity index (χ0v) is 14.0. The molecule has 2 atom stereocenters. The van der Waals surface area contributed by atoms with Crippen LogP contribution in [-0.4, -0.2) is 48.9 Å². The number of carbonyl (C=O) groups excluding carboxylic acids is 1. The van der Waals surface area contributed by atoms with Crippen molar-refractivity contribution in [3.63, 3.8) is 0 Å². The first kappa shape index (κ1) is 16.7. The number of likely N-dealkylation sites (N-methyl/N-ethyl adjacent to an activating group) is 1. The lowest BCUT2D eigenvalue weighted by atomic mass is 10.2. The fourth-order valence-electron chi connectivity index (χ4n) is 2.91. The Morgan fingerprint density at radius 3 is 2.79 bits per heavy atom. The fraction of sp³-hybridized carbons (Fsp3) is 0.429. The molecule has 9 nitrogen and oxygen atoms in total. The van der Waals surface area contributed by atoms with Crippen LogP contribution in [0.15, 0.2) is 32.3 Å². The number of amides is 1. The van der Waals surface area contributed by atoms with Gasteiger partial charge in [-0.2, -0.15) is 4.31 Å². The zero-order chi connectivity index (χ0) is 17.6. The Hall–Kier alpha value is -2.17. The first-order valence-corrected chi connectivity index (χ1v) is 8.78. The Kier molecular flexibility index (Phi) is 3.98. The molecule has 1 amide bonds. The summed E-state index contributed by atoms with van der Waals surface area (Å²) in [5.41, 5.74) is 6.51. The van der Waals surface area contributed by atoms with Gasteiger partial charge in [0.1, 0.15) is 6.04 Å². The summed E-state index contributed by atoms with van der Waals surface area (Å²) < 4.78 is 33.2. The molecule has 0 aliphatic carbocycles. The minimum Gasteiger partial charge on any atom is -0.408 e. The van der Waals surface area contributed by atoms with E-state index in [0.29, 0.717) is 11.1 Å². The maximum atomic E-state index is 12.9. The highest BCUT2D eigenvalue weighted by atomic mass is 32.2. The topological polar surface area (TPSA) is 128 Å². The van der Waals surface area contributed by atoms with Crippen LogP contribution in [0.2, 0.25) is 0 Å². The minimum atomic E-state index is -3.94. The molecule has 1 aliphatic rings. The van der Waals surface area contributed by atoms with Crippen LogP contribution in [0.25, 0.3) is 11.1 Å². The molecule has 0 spiro atoms. The lowest BCUT2D eigenvalue weighted by Gasteiger charge is -2.22. The lowest BCUT2D eigenvalue weighted by molar-refractivity contribution is -0.123. The first-order chi connectivity index (χ1) is 11.3. The van der Waals surface area contributed by atoms with Gasteiger partial charge in [0, 0.05) is 26.7 Å². The van der Waals surface area contributed by atoms with E-state index < -0.39 is 33.8 Å². The van der Waals surface area contributed by atoms with Crippen molar-refractivity contribution in [3.05, 3.63) is 28.7 Å². The van der Waals surface area contributed by atoms with Gasteiger partial charge >= 0.3 is 5.76 Å². The molecule has 10 heteroatoms. The number of nitrogens with one attached hydrogen (secondary N) is 1. The lowest BCUT2D eigenvalue weighted by Crippen LogP contribution is -2.44. The van der Waals surface area contributed by atoms with Crippen molar-refractivity contribution in [2.24, 2.45) is 12.8 Å². The maximum absolute atomic E-state index is 12.9. The third-order valence-electron chi connectivity index (χ3n) is 4.21. The molecule has 1 aliphatic heterocycles. The number of benzene rings is 1.